The summed E-state index contributed by atoms with van der Waals surface area (Å²) in [6.07, 6.45) is 0. The van der Waals surface area contributed by atoms with Crippen LogP contribution in [0.2, 0.25) is 0 Å². The standard InChI is InChI=1S/C31H29N/c1-30(2)24-16-8-6-12-20(24)22-14-10-18-26(28(22)30)32(5)27-19-11-15-23-21-13-7-9-17-25(21)31(3,4)29(23)27/h6-19H,1-5H3. The van der Waals surface area contributed by atoms with Gasteiger partial charge in [-0.2, -0.15) is 0 Å². The molecule has 1 heteroatoms. The summed E-state index contributed by atoms with van der Waals surface area (Å²) in [6.45, 7) is 9.46. The lowest BCUT2D eigenvalue weighted by Gasteiger charge is -2.33. The average Bonchev–Trinajstić information content (AvgIpc) is 3.19. The number of hydrogen-bond donors (Lipinski definition) is 0. The lowest BCUT2D eigenvalue weighted by molar-refractivity contribution is 0.654. The first-order chi connectivity index (χ1) is 15.3. The summed E-state index contributed by atoms with van der Waals surface area (Å²) in [4.78, 5) is 2.43. The number of nitrogens with zero attached hydrogens (tertiary/aromatic N) is 1. The zero-order valence-electron chi connectivity index (χ0n) is 19.5. The number of rotatable bonds is 2. The van der Waals surface area contributed by atoms with Gasteiger partial charge in [0.2, 0.25) is 0 Å². The van der Waals surface area contributed by atoms with Crippen LogP contribution in [0.4, 0.5) is 11.4 Å². The van der Waals surface area contributed by atoms with Gasteiger partial charge in [-0.3, -0.25) is 0 Å². The molecule has 0 aliphatic heterocycles. The van der Waals surface area contributed by atoms with Crippen LogP contribution in [0.25, 0.3) is 22.3 Å². The van der Waals surface area contributed by atoms with Gasteiger partial charge < -0.3 is 4.90 Å². The summed E-state index contributed by atoms with van der Waals surface area (Å²) in [5.74, 6) is 0. The Bertz CT molecular complexity index is 1280. The second-order valence-corrected chi connectivity index (χ2v) is 10.3. The van der Waals surface area contributed by atoms with E-state index in [9.17, 15) is 0 Å². The lowest BCUT2D eigenvalue weighted by atomic mass is 9.80. The monoisotopic (exact) mass is 415 g/mol. The first kappa shape index (κ1) is 19.4. The van der Waals surface area contributed by atoms with Crippen LogP contribution in [0.5, 0.6) is 0 Å². The van der Waals surface area contributed by atoms with Crippen molar-refractivity contribution in [3.8, 4) is 22.3 Å². The van der Waals surface area contributed by atoms with Gasteiger partial charge in [0, 0.05) is 29.3 Å². The van der Waals surface area contributed by atoms with Crippen molar-refractivity contribution >= 4 is 11.4 Å². The highest BCUT2D eigenvalue weighted by atomic mass is 15.1. The fourth-order valence-electron chi connectivity index (χ4n) is 6.33. The van der Waals surface area contributed by atoms with E-state index in [0.717, 1.165) is 0 Å². The molecule has 4 aromatic rings. The lowest BCUT2D eigenvalue weighted by Crippen LogP contribution is -2.24. The van der Waals surface area contributed by atoms with Crippen LogP contribution in [0.3, 0.4) is 0 Å². The summed E-state index contributed by atoms with van der Waals surface area (Å²) >= 11 is 0. The molecule has 0 fully saturated rings. The van der Waals surface area contributed by atoms with E-state index in [4.69, 9.17) is 0 Å². The van der Waals surface area contributed by atoms with E-state index in [1.807, 2.05) is 0 Å². The van der Waals surface area contributed by atoms with Crippen LogP contribution in [-0.4, -0.2) is 7.05 Å². The van der Waals surface area contributed by atoms with Crippen molar-refractivity contribution in [2.24, 2.45) is 0 Å². The molecule has 158 valence electrons. The predicted molar refractivity (Wildman–Crippen MR) is 136 cm³/mol. The third kappa shape index (κ3) is 2.34. The van der Waals surface area contributed by atoms with Gasteiger partial charge in [-0.05, 0) is 56.6 Å². The molecule has 1 nitrogen and oxygen atoms in total. The Labute approximate surface area is 191 Å². The van der Waals surface area contributed by atoms with Crippen LogP contribution in [0.1, 0.15) is 49.9 Å². The van der Waals surface area contributed by atoms with E-state index in [2.05, 4.69) is 125 Å². The fourth-order valence-corrected chi connectivity index (χ4v) is 6.33. The molecule has 0 spiro atoms. The SMILES string of the molecule is CN(c1cccc2c1C(C)(C)c1ccccc1-2)c1cccc2c1C(C)(C)c1ccccc1-2. The molecule has 0 unspecified atom stereocenters. The summed E-state index contributed by atoms with van der Waals surface area (Å²) in [6, 6.07) is 31.4. The minimum atomic E-state index is -0.0345. The molecule has 2 aliphatic carbocycles. The van der Waals surface area contributed by atoms with Gasteiger partial charge in [-0.1, -0.05) is 100 Å². The topological polar surface area (TPSA) is 3.24 Å². The molecule has 6 rings (SSSR count). The van der Waals surface area contributed by atoms with Crippen LogP contribution in [0.15, 0.2) is 84.9 Å². The quantitative estimate of drug-likeness (QED) is 0.320. The maximum atomic E-state index is 2.43. The molecule has 0 radical (unpaired) electrons. The largest absolute Gasteiger partial charge is 0.344 e. The summed E-state index contributed by atoms with van der Waals surface area (Å²) in [7, 11) is 2.24. The minimum absolute atomic E-state index is 0.0345. The number of benzene rings is 4. The number of hydrogen-bond acceptors (Lipinski definition) is 1. The van der Waals surface area contributed by atoms with Crippen LogP contribution >= 0.6 is 0 Å². The summed E-state index contributed by atoms with van der Waals surface area (Å²) in [5, 5.41) is 0. The molecular weight excluding hydrogens is 386 g/mol. The van der Waals surface area contributed by atoms with Crippen LogP contribution < -0.4 is 4.90 Å². The fraction of sp³-hybridized carbons (Fsp3) is 0.226. The van der Waals surface area contributed by atoms with Gasteiger partial charge in [0.05, 0.1) is 0 Å². The molecule has 0 saturated heterocycles. The van der Waals surface area contributed by atoms with Gasteiger partial charge >= 0.3 is 0 Å². The Morgan fingerprint density at radius 2 is 0.844 bits per heavy atom. The van der Waals surface area contributed by atoms with Crippen molar-refractivity contribution < 1.29 is 0 Å². The molecular formula is C31H29N. The molecule has 0 bridgehead atoms. The number of fused-ring (bicyclic) bond motifs is 6. The molecule has 2 aliphatic rings. The van der Waals surface area contributed by atoms with Crippen LogP contribution in [-0.2, 0) is 10.8 Å². The maximum absolute atomic E-state index is 2.43. The van der Waals surface area contributed by atoms with Crippen molar-refractivity contribution in [1.29, 1.82) is 0 Å². The third-order valence-electron chi connectivity index (χ3n) is 7.84. The molecule has 4 aromatic carbocycles. The van der Waals surface area contributed by atoms with Crippen molar-refractivity contribution in [1.82, 2.24) is 0 Å². The van der Waals surface area contributed by atoms with Gasteiger partial charge in [0.1, 0.15) is 0 Å². The van der Waals surface area contributed by atoms with E-state index in [-0.39, 0.29) is 10.8 Å². The molecule has 0 atom stereocenters. The first-order valence-electron chi connectivity index (χ1n) is 11.5. The molecule has 0 saturated carbocycles. The predicted octanol–water partition coefficient (Wildman–Crippen LogP) is 8.07. The Hall–Kier alpha value is -3.32. The third-order valence-corrected chi connectivity index (χ3v) is 7.84. The smallest absolute Gasteiger partial charge is 0.0455 e. The maximum Gasteiger partial charge on any atom is 0.0455 e. The first-order valence-corrected chi connectivity index (χ1v) is 11.5. The Morgan fingerprint density at radius 1 is 0.469 bits per heavy atom. The van der Waals surface area contributed by atoms with Gasteiger partial charge in [-0.25, -0.2) is 0 Å². The minimum Gasteiger partial charge on any atom is -0.344 e. The molecule has 0 aromatic heterocycles. The zero-order chi connectivity index (χ0) is 22.3. The van der Waals surface area contributed by atoms with E-state index < -0.39 is 0 Å². The Morgan fingerprint density at radius 3 is 1.28 bits per heavy atom. The molecule has 0 heterocycles. The van der Waals surface area contributed by atoms with Crippen molar-refractivity contribution in [2.75, 3.05) is 11.9 Å². The van der Waals surface area contributed by atoms with E-state index in [1.54, 1.807) is 0 Å². The highest BCUT2D eigenvalue weighted by molar-refractivity contribution is 5.91. The van der Waals surface area contributed by atoms with Gasteiger partial charge in [0.25, 0.3) is 0 Å². The number of anilines is 2. The summed E-state index contributed by atoms with van der Waals surface area (Å²) in [5.41, 5.74) is 13.7. The van der Waals surface area contributed by atoms with Crippen molar-refractivity contribution in [2.45, 2.75) is 38.5 Å². The second kappa shape index (κ2) is 6.36. The summed E-state index contributed by atoms with van der Waals surface area (Å²) < 4.78 is 0. The van der Waals surface area contributed by atoms with Gasteiger partial charge in [0.15, 0.2) is 0 Å². The zero-order valence-corrected chi connectivity index (χ0v) is 19.5. The van der Waals surface area contributed by atoms with Crippen molar-refractivity contribution in [3.63, 3.8) is 0 Å². The molecule has 0 N–H and O–H groups in total. The van der Waals surface area contributed by atoms with Crippen LogP contribution in [0, 0.1) is 0 Å². The van der Waals surface area contributed by atoms with E-state index in [1.165, 1.54) is 55.9 Å². The van der Waals surface area contributed by atoms with Crippen molar-refractivity contribution in [3.05, 3.63) is 107 Å². The Balaban J connectivity index is 1.57. The second-order valence-electron chi connectivity index (χ2n) is 10.3. The normalized spacial score (nSPS) is 16.2. The molecule has 0 amide bonds. The molecule has 32 heavy (non-hydrogen) atoms. The highest BCUT2D eigenvalue weighted by Crippen LogP contribution is 2.55. The highest BCUT2D eigenvalue weighted by Gasteiger charge is 2.40. The Kier molecular flexibility index (Phi) is 3.85. The van der Waals surface area contributed by atoms with E-state index in [0.29, 0.717) is 0 Å². The van der Waals surface area contributed by atoms with E-state index >= 15 is 0 Å². The average molecular weight is 416 g/mol. The van der Waals surface area contributed by atoms with Gasteiger partial charge in [-0.15, -0.1) is 0 Å².